The fraction of sp³-hybridized carbons (Fsp3) is 0.647. The molecule has 2 atom stereocenters. The first-order valence-corrected chi connectivity index (χ1v) is 7.49. The van der Waals surface area contributed by atoms with Crippen molar-refractivity contribution in [1.29, 1.82) is 0 Å². The Labute approximate surface area is 124 Å². The van der Waals surface area contributed by atoms with Crippen molar-refractivity contribution in [3.05, 3.63) is 35.9 Å². The zero-order chi connectivity index (χ0) is 15.0. The van der Waals surface area contributed by atoms with Crippen molar-refractivity contribution in [2.24, 2.45) is 0 Å². The monoisotopic (exact) mass is 278 g/mol. The average molecular weight is 278 g/mol. The van der Waals surface area contributed by atoms with Gasteiger partial charge >= 0.3 is 0 Å². The Morgan fingerprint density at radius 3 is 2.50 bits per heavy atom. The number of methoxy groups -OCH3 is 1. The van der Waals surface area contributed by atoms with Crippen molar-refractivity contribution in [3.8, 4) is 0 Å². The van der Waals surface area contributed by atoms with Crippen LogP contribution in [0.15, 0.2) is 30.3 Å². The predicted molar refractivity (Wildman–Crippen MR) is 86.3 cm³/mol. The van der Waals surface area contributed by atoms with Gasteiger partial charge < -0.3 is 15.0 Å². The predicted octanol–water partition coefficient (Wildman–Crippen LogP) is 2.52. The molecule has 1 aromatic carbocycles. The average Bonchev–Trinajstić information content (AvgIpc) is 2.46. The highest BCUT2D eigenvalue weighted by Gasteiger charge is 2.29. The van der Waals surface area contributed by atoms with E-state index in [0.717, 1.165) is 26.2 Å². The van der Waals surface area contributed by atoms with Gasteiger partial charge in [0.1, 0.15) is 0 Å². The maximum absolute atomic E-state index is 5.27. The Hall–Kier alpha value is -0.900. The van der Waals surface area contributed by atoms with E-state index in [1.54, 1.807) is 7.11 Å². The van der Waals surface area contributed by atoms with Gasteiger partial charge in [-0.2, -0.15) is 0 Å². The van der Waals surface area contributed by atoms with E-state index in [0.29, 0.717) is 6.04 Å². The maximum atomic E-state index is 5.27. The molecule has 0 aliphatic rings. The largest absolute Gasteiger partial charge is 0.383 e. The number of nitrogens with zero attached hydrogens (tertiary/aromatic N) is 1. The normalized spacial score (nSPS) is 16.1. The molecule has 0 heterocycles. The highest BCUT2D eigenvalue weighted by Crippen LogP contribution is 2.24. The summed E-state index contributed by atoms with van der Waals surface area (Å²) < 4.78 is 5.27. The van der Waals surface area contributed by atoms with Crippen molar-refractivity contribution < 1.29 is 4.74 Å². The SMILES string of the molecule is CCNCC(C)(CN(C)C(C)COC)c1ccccc1. The zero-order valence-corrected chi connectivity index (χ0v) is 13.6. The number of nitrogens with one attached hydrogen (secondary N) is 1. The lowest BCUT2D eigenvalue weighted by atomic mass is 9.81. The van der Waals surface area contributed by atoms with E-state index in [9.17, 15) is 0 Å². The molecule has 20 heavy (non-hydrogen) atoms. The van der Waals surface area contributed by atoms with Crippen LogP contribution in [0.4, 0.5) is 0 Å². The quantitative estimate of drug-likeness (QED) is 0.751. The molecule has 0 saturated carbocycles. The first-order chi connectivity index (χ1) is 9.53. The van der Waals surface area contributed by atoms with E-state index < -0.39 is 0 Å². The summed E-state index contributed by atoms with van der Waals surface area (Å²) in [5.74, 6) is 0. The van der Waals surface area contributed by atoms with Crippen LogP contribution >= 0.6 is 0 Å². The number of hydrogen-bond donors (Lipinski definition) is 1. The van der Waals surface area contributed by atoms with Crippen molar-refractivity contribution in [1.82, 2.24) is 10.2 Å². The number of ether oxygens (including phenoxy) is 1. The van der Waals surface area contributed by atoms with E-state index in [4.69, 9.17) is 4.74 Å². The van der Waals surface area contributed by atoms with Crippen LogP contribution in [0.25, 0.3) is 0 Å². The zero-order valence-electron chi connectivity index (χ0n) is 13.6. The van der Waals surface area contributed by atoms with E-state index >= 15 is 0 Å². The Balaban J connectivity index is 2.83. The van der Waals surface area contributed by atoms with Gasteiger partial charge in [-0.15, -0.1) is 0 Å². The van der Waals surface area contributed by atoms with Gasteiger partial charge in [0.05, 0.1) is 6.61 Å². The molecule has 0 saturated heterocycles. The van der Waals surface area contributed by atoms with E-state index in [1.165, 1.54) is 5.56 Å². The van der Waals surface area contributed by atoms with Crippen LogP contribution in [0.2, 0.25) is 0 Å². The summed E-state index contributed by atoms with van der Waals surface area (Å²) in [5.41, 5.74) is 1.49. The van der Waals surface area contributed by atoms with Crippen molar-refractivity contribution in [2.75, 3.05) is 40.4 Å². The third-order valence-corrected chi connectivity index (χ3v) is 3.99. The standard InChI is InChI=1S/C17H30N2O/c1-6-18-13-17(3,16-10-8-7-9-11-16)14-19(4)15(2)12-20-5/h7-11,15,18H,6,12-14H2,1-5H3. The summed E-state index contributed by atoms with van der Waals surface area (Å²) in [6, 6.07) is 11.2. The van der Waals surface area contributed by atoms with E-state index in [1.807, 2.05) is 0 Å². The molecule has 0 aromatic heterocycles. The van der Waals surface area contributed by atoms with Crippen LogP contribution in [-0.4, -0.2) is 51.3 Å². The second kappa shape index (κ2) is 8.40. The van der Waals surface area contributed by atoms with Gasteiger partial charge in [0.25, 0.3) is 0 Å². The van der Waals surface area contributed by atoms with Gasteiger partial charge in [-0.25, -0.2) is 0 Å². The Bertz CT molecular complexity index is 369. The van der Waals surface area contributed by atoms with Gasteiger partial charge in [-0.05, 0) is 26.1 Å². The lowest BCUT2D eigenvalue weighted by molar-refractivity contribution is 0.101. The molecule has 3 heteroatoms. The molecule has 2 unspecified atom stereocenters. The number of benzene rings is 1. The smallest absolute Gasteiger partial charge is 0.0615 e. The van der Waals surface area contributed by atoms with Crippen LogP contribution in [0.1, 0.15) is 26.3 Å². The maximum Gasteiger partial charge on any atom is 0.0615 e. The van der Waals surface area contributed by atoms with Gasteiger partial charge in [0.2, 0.25) is 0 Å². The Morgan fingerprint density at radius 1 is 1.30 bits per heavy atom. The lowest BCUT2D eigenvalue weighted by Crippen LogP contribution is -2.47. The highest BCUT2D eigenvalue weighted by molar-refractivity contribution is 5.25. The minimum Gasteiger partial charge on any atom is -0.383 e. The molecule has 0 spiro atoms. The van der Waals surface area contributed by atoms with E-state index in [-0.39, 0.29) is 5.41 Å². The van der Waals surface area contributed by atoms with Crippen LogP contribution in [-0.2, 0) is 10.2 Å². The molecular weight excluding hydrogens is 248 g/mol. The topological polar surface area (TPSA) is 24.5 Å². The van der Waals surface area contributed by atoms with Crippen LogP contribution in [0, 0.1) is 0 Å². The summed E-state index contributed by atoms with van der Waals surface area (Å²) >= 11 is 0. The molecule has 1 aromatic rings. The third-order valence-electron chi connectivity index (χ3n) is 3.99. The molecule has 0 radical (unpaired) electrons. The Morgan fingerprint density at radius 2 is 1.95 bits per heavy atom. The van der Waals surface area contributed by atoms with Crippen LogP contribution < -0.4 is 5.32 Å². The summed E-state index contributed by atoms with van der Waals surface area (Å²) in [7, 11) is 3.94. The number of hydrogen-bond acceptors (Lipinski definition) is 3. The van der Waals surface area contributed by atoms with Crippen LogP contribution in [0.3, 0.4) is 0 Å². The lowest BCUT2D eigenvalue weighted by Gasteiger charge is -2.37. The van der Waals surface area contributed by atoms with Crippen molar-refractivity contribution >= 4 is 0 Å². The first-order valence-electron chi connectivity index (χ1n) is 7.49. The molecule has 1 rings (SSSR count). The number of rotatable bonds is 9. The minimum atomic E-state index is 0.105. The third kappa shape index (κ3) is 4.89. The van der Waals surface area contributed by atoms with Gasteiger partial charge in [0.15, 0.2) is 0 Å². The molecule has 3 nitrogen and oxygen atoms in total. The summed E-state index contributed by atoms with van der Waals surface area (Å²) in [6.07, 6.45) is 0. The number of likely N-dealkylation sites (N-methyl/N-ethyl adjacent to an activating group) is 2. The fourth-order valence-electron chi connectivity index (χ4n) is 2.57. The molecule has 0 bridgehead atoms. The Kier molecular flexibility index (Phi) is 7.20. The first kappa shape index (κ1) is 17.2. The summed E-state index contributed by atoms with van der Waals surface area (Å²) in [5, 5.41) is 3.51. The fourth-order valence-corrected chi connectivity index (χ4v) is 2.57. The second-order valence-electron chi connectivity index (χ2n) is 5.93. The molecule has 1 N–H and O–H groups in total. The van der Waals surface area contributed by atoms with Gasteiger partial charge in [-0.3, -0.25) is 0 Å². The van der Waals surface area contributed by atoms with E-state index in [2.05, 4.69) is 68.4 Å². The summed E-state index contributed by atoms with van der Waals surface area (Å²) in [6.45, 7) is 10.5. The molecule has 0 aliphatic heterocycles. The van der Waals surface area contributed by atoms with Crippen LogP contribution in [0.5, 0.6) is 0 Å². The second-order valence-corrected chi connectivity index (χ2v) is 5.93. The molecule has 0 fully saturated rings. The summed E-state index contributed by atoms with van der Waals surface area (Å²) in [4.78, 5) is 2.38. The van der Waals surface area contributed by atoms with Crippen molar-refractivity contribution in [3.63, 3.8) is 0 Å². The molecular formula is C17H30N2O. The van der Waals surface area contributed by atoms with Gasteiger partial charge in [0, 0.05) is 31.7 Å². The van der Waals surface area contributed by atoms with Gasteiger partial charge in [-0.1, -0.05) is 44.2 Å². The molecule has 0 amide bonds. The molecule has 0 aliphatic carbocycles. The highest BCUT2D eigenvalue weighted by atomic mass is 16.5. The van der Waals surface area contributed by atoms with Crippen molar-refractivity contribution in [2.45, 2.75) is 32.2 Å². The minimum absolute atomic E-state index is 0.105. The molecule has 114 valence electrons.